The summed E-state index contributed by atoms with van der Waals surface area (Å²) in [4.78, 5) is 12.4. The Hall–Kier alpha value is -2.09. The Morgan fingerprint density at radius 1 is 1.38 bits per heavy atom. The number of phenols is 1. The molecule has 0 unspecified atom stereocenters. The number of amides is 1. The molecule has 8 heteroatoms. The van der Waals surface area contributed by atoms with Gasteiger partial charge in [0.25, 0.3) is 11.6 Å². The van der Waals surface area contributed by atoms with E-state index in [-0.39, 0.29) is 28.6 Å². The summed E-state index contributed by atoms with van der Waals surface area (Å²) in [6.45, 7) is 3.83. The number of nitrogens with zero attached hydrogens (tertiary/aromatic N) is 2. The van der Waals surface area contributed by atoms with Crippen molar-refractivity contribution in [3.05, 3.63) is 29.8 Å². The predicted octanol–water partition coefficient (Wildman–Crippen LogP) is 3.28. The number of para-hydroxylation sites is 1. The summed E-state index contributed by atoms with van der Waals surface area (Å²) in [6, 6.07) is 5.19. The second kappa shape index (κ2) is 6.43. The summed E-state index contributed by atoms with van der Waals surface area (Å²) in [7, 11) is 0. The smallest absolute Gasteiger partial charge is 0.438 e. The number of hydrogen-bond donors (Lipinski definition) is 2. The van der Waals surface area contributed by atoms with E-state index in [1.54, 1.807) is 0 Å². The lowest BCUT2D eigenvalue weighted by atomic mass is 9.99. The van der Waals surface area contributed by atoms with Crippen LogP contribution in [-0.2, 0) is 0 Å². The van der Waals surface area contributed by atoms with Crippen LogP contribution < -0.4 is 0 Å². The highest BCUT2D eigenvalue weighted by Gasteiger charge is 2.63. The van der Waals surface area contributed by atoms with Gasteiger partial charge in [0.1, 0.15) is 5.75 Å². The number of rotatable bonds is 4. The van der Waals surface area contributed by atoms with Crippen molar-refractivity contribution in [2.75, 3.05) is 0 Å². The van der Waals surface area contributed by atoms with Gasteiger partial charge < -0.3 is 10.2 Å². The average Bonchev–Trinajstić information content (AvgIpc) is 2.83. The first-order chi connectivity index (χ1) is 11.1. The van der Waals surface area contributed by atoms with Gasteiger partial charge in [-0.15, -0.1) is 0 Å². The molecule has 1 heterocycles. The molecule has 0 fully saturated rings. The third kappa shape index (κ3) is 3.38. The van der Waals surface area contributed by atoms with E-state index in [2.05, 4.69) is 5.10 Å². The van der Waals surface area contributed by atoms with Gasteiger partial charge in [-0.05, 0) is 30.9 Å². The van der Waals surface area contributed by atoms with Gasteiger partial charge in [0, 0.05) is 12.1 Å². The maximum Gasteiger partial charge on any atom is 0.438 e. The molecule has 1 atom stereocenters. The molecule has 0 aliphatic carbocycles. The summed E-state index contributed by atoms with van der Waals surface area (Å²) >= 11 is 0. The molecule has 1 amide bonds. The molecule has 1 aliphatic heterocycles. The first-order valence-electron chi connectivity index (χ1n) is 7.54. The highest BCUT2D eigenvalue weighted by molar-refractivity contribution is 6.00. The summed E-state index contributed by atoms with van der Waals surface area (Å²) in [5, 5.41) is 23.6. The van der Waals surface area contributed by atoms with Crippen LogP contribution >= 0.6 is 0 Å². The van der Waals surface area contributed by atoms with Gasteiger partial charge in [-0.25, -0.2) is 0 Å². The highest BCUT2D eigenvalue weighted by Crippen LogP contribution is 2.42. The van der Waals surface area contributed by atoms with Crippen molar-refractivity contribution in [3.8, 4) is 5.75 Å². The number of hydrazone groups is 1. The zero-order valence-electron chi connectivity index (χ0n) is 13.3. The fraction of sp³-hybridized carbons (Fsp3) is 0.500. The van der Waals surface area contributed by atoms with Crippen LogP contribution in [0.4, 0.5) is 13.2 Å². The number of hydrogen-bond acceptors (Lipinski definition) is 4. The van der Waals surface area contributed by atoms with E-state index in [1.165, 1.54) is 24.3 Å². The third-order valence-electron chi connectivity index (χ3n) is 3.83. The van der Waals surface area contributed by atoms with Crippen LogP contribution in [0.5, 0.6) is 5.75 Å². The maximum absolute atomic E-state index is 13.4. The molecule has 132 valence electrons. The number of carbonyl (C=O) groups is 1. The summed E-state index contributed by atoms with van der Waals surface area (Å²) in [6.07, 6.45) is -5.02. The van der Waals surface area contributed by atoms with Gasteiger partial charge in [0.2, 0.25) is 0 Å². The molecular formula is C16H19F3N2O3. The van der Waals surface area contributed by atoms with Crippen molar-refractivity contribution in [2.45, 2.75) is 45.0 Å². The van der Waals surface area contributed by atoms with Crippen molar-refractivity contribution >= 4 is 11.6 Å². The highest BCUT2D eigenvalue weighted by atomic mass is 19.4. The molecule has 1 aromatic rings. The van der Waals surface area contributed by atoms with Crippen LogP contribution in [0.3, 0.4) is 0 Å². The van der Waals surface area contributed by atoms with E-state index in [0.717, 1.165) is 0 Å². The van der Waals surface area contributed by atoms with E-state index in [0.29, 0.717) is 6.42 Å². The summed E-state index contributed by atoms with van der Waals surface area (Å²) in [5.41, 5.74) is -3.65. The van der Waals surface area contributed by atoms with Crippen LogP contribution in [0.2, 0.25) is 0 Å². The van der Waals surface area contributed by atoms with E-state index in [1.807, 2.05) is 13.8 Å². The van der Waals surface area contributed by atoms with Gasteiger partial charge in [-0.2, -0.15) is 23.3 Å². The van der Waals surface area contributed by atoms with E-state index < -0.39 is 30.0 Å². The molecule has 0 saturated carbocycles. The normalized spacial score (nSPS) is 21.3. The first kappa shape index (κ1) is 18.3. The minimum atomic E-state index is -5.07. The van der Waals surface area contributed by atoms with Gasteiger partial charge >= 0.3 is 6.18 Å². The molecule has 0 spiro atoms. The van der Waals surface area contributed by atoms with Crippen LogP contribution in [-0.4, -0.2) is 38.7 Å². The Morgan fingerprint density at radius 3 is 2.54 bits per heavy atom. The topological polar surface area (TPSA) is 73.1 Å². The van der Waals surface area contributed by atoms with E-state index in [9.17, 15) is 28.2 Å². The number of aliphatic hydroxyl groups is 1. The zero-order valence-corrected chi connectivity index (χ0v) is 13.3. The Balaban J connectivity index is 2.38. The number of alkyl halides is 3. The van der Waals surface area contributed by atoms with Crippen LogP contribution in [0.1, 0.15) is 43.5 Å². The molecular weight excluding hydrogens is 325 g/mol. The van der Waals surface area contributed by atoms with Crippen molar-refractivity contribution in [1.82, 2.24) is 5.01 Å². The molecule has 5 nitrogen and oxygen atoms in total. The van der Waals surface area contributed by atoms with E-state index >= 15 is 0 Å². The minimum absolute atomic E-state index is 0.0394. The van der Waals surface area contributed by atoms with Gasteiger partial charge in [-0.3, -0.25) is 4.79 Å². The standard InChI is InChI=1S/C16H19F3N2O3/c1-10(2)7-8-11-9-15(24,16(17,18)19)21(20-11)14(23)12-5-3-4-6-13(12)22/h3-6,10,22,24H,7-9H2,1-2H3/t15-/m0/s1. The lowest BCUT2D eigenvalue weighted by molar-refractivity contribution is -0.297. The Bertz CT molecular complexity index is 658. The lowest BCUT2D eigenvalue weighted by Crippen LogP contribution is -2.56. The van der Waals surface area contributed by atoms with E-state index in [4.69, 9.17) is 0 Å². The first-order valence-corrected chi connectivity index (χ1v) is 7.54. The molecule has 0 bridgehead atoms. The second-order valence-corrected chi connectivity index (χ2v) is 6.22. The molecule has 24 heavy (non-hydrogen) atoms. The monoisotopic (exact) mass is 344 g/mol. The second-order valence-electron chi connectivity index (χ2n) is 6.22. The largest absolute Gasteiger partial charge is 0.507 e. The minimum Gasteiger partial charge on any atom is -0.507 e. The van der Waals surface area contributed by atoms with Crippen LogP contribution in [0.25, 0.3) is 0 Å². The fourth-order valence-electron chi connectivity index (χ4n) is 2.41. The van der Waals surface area contributed by atoms with Crippen molar-refractivity contribution in [1.29, 1.82) is 0 Å². The van der Waals surface area contributed by atoms with Crippen LogP contribution in [0, 0.1) is 5.92 Å². The summed E-state index contributed by atoms with van der Waals surface area (Å²) in [5.74, 6) is -1.43. The number of benzene rings is 1. The molecule has 2 rings (SSSR count). The zero-order chi connectivity index (χ0) is 18.1. The Morgan fingerprint density at radius 2 is 2.00 bits per heavy atom. The molecule has 0 radical (unpaired) electrons. The average molecular weight is 344 g/mol. The van der Waals surface area contributed by atoms with Crippen LogP contribution in [0.15, 0.2) is 29.4 Å². The van der Waals surface area contributed by atoms with Crippen molar-refractivity contribution in [3.63, 3.8) is 0 Å². The quantitative estimate of drug-likeness (QED) is 0.880. The maximum atomic E-state index is 13.4. The number of aromatic hydroxyl groups is 1. The SMILES string of the molecule is CC(C)CCC1=NN(C(=O)c2ccccc2O)[C@@](O)(C(F)(F)F)C1. The molecule has 0 saturated heterocycles. The molecule has 1 aliphatic rings. The molecule has 1 aromatic carbocycles. The van der Waals surface area contributed by atoms with Crippen molar-refractivity contribution < 1.29 is 28.2 Å². The predicted molar refractivity (Wildman–Crippen MR) is 81.4 cm³/mol. The number of carbonyl (C=O) groups excluding carboxylic acids is 1. The Kier molecular flexibility index (Phi) is 4.89. The molecule has 2 N–H and O–H groups in total. The fourth-order valence-corrected chi connectivity index (χ4v) is 2.41. The lowest BCUT2D eigenvalue weighted by Gasteiger charge is -2.32. The Labute approximate surface area is 137 Å². The third-order valence-corrected chi connectivity index (χ3v) is 3.83. The van der Waals surface area contributed by atoms with Crippen molar-refractivity contribution in [2.24, 2.45) is 11.0 Å². The van der Waals surface area contributed by atoms with Gasteiger partial charge in [-0.1, -0.05) is 26.0 Å². The number of halogens is 3. The van der Waals surface area contributed by atoms with Gasteiger partial charge in [0.15, 0.2) is 0 Å². The summed E-state index contributed by atoms with van der Waals surface area (Å²) < 4.78 is 40.1. The number of phenolic OH excluding ortho intramolecular Hbond substituents is 1. The molecule has 0 aromatic heterocycles. The van der Waals surface area contributed by atoms with Gasteiger partial charge in [0.05, 0.1) is 5.56 Å².